The van der Waals surface area contributed by atoms with E-state index in [1.807, 2.05) is 24.8 Å². The molecule has 2 atom stereocenters. The number of nitrogens with zero attached hydrogens (tertiary/aromatic N) is 1. The van der Waals surface area contributed by atoms with Crippen molar-refractivity contribution in [3.8, 4) is 0 Å². The molecule has 1 heterocycles. The molecule has 2 unspecified atom stereocenters. The number of nitrogens with one attached hydrogen (secondary N) is 1. The normalized spacial score (nSPS) is 21.9. The van der Waals surface area contributed by atoms with Gasteiger partial charge in [0.15, 0.2) is 0 Å². The Morgan fingerprint density at radius 1 is 1.50 bits per heavy atom. The van der Waals surface area contributed by atoms with Crippen LogP contribution in [0.3, 0.4) is 0 Å². The van der Waals surface area contributed by atoms with Crippen LogP contribution in [0.15, 0.2) is 6.07 Å². The number of carbonyl (C=O) groups is 1. The van der Waals surface area contributed by atoms with Gasteiger partial charge in [-0.15, -0.1) is 0 Å². The van der Waals surface area contributed by atoms with E-state index >= 15 is 0 Å². The minimum Gasteiger partial charge on any atom is -0.478 e. The van der Waals surface area contributed by atoms with Gasteiger partial charge in [-0.25, -0.2) is 4.79 Å². The molecule has 0 amide bonds. The number of thioether (sulfide) groups is 1. The largest absolute Gasteiger partial charge is 0.478 e. The fraction of sp³-hybridized carbons (Fsp3) is 0.600. The van der Waals surface area contributed by atoms with E-state index in [0.29, 0.717) is 22.5 Å². The summed E-state index contributed by atoms with van der Waals surface area (Å²) in [5.74, 6) is 0.237. The molecule has 1 aromatic heterocycles. The fourth-order valence-corrected chi connectivity index (χ4v) is 4.03. The van der Waals surface area contributed by atoms with E-state index in [4.69, 9.17) is 0 Å². The van der Waals surface area contributed by atoms with E-state index in [1.54, 1.807) is 6.92 Å². The Hall–Kier alpha value is -1.23. The zero-order valence-electron chi connectivity index (χ0n) is 12.3. The highest BCUT2D eigenvalue weighted by molar-refractivity contribution is 7.99. The van der Waals surface area contributed by atoms with Crippen molar-refractivity contribution in [2.24, 2.45) is 0 Å². The summed E-state index contributed by atoms with van der Waals surface area (Å²) >= 11 is 2.00. The highest BCUT2D eigenvalue weighted by Gasteiger charge is 2.26. The summed E-state index contributed by atoms with van der Waals surface area (Å²) in [6.45, 7) is 5.84. The third-order valence-corrected chi connectivity index (χ3v) is 4.92. The van der Waals surface area contributed by atoms with Crippen LogP contribution in [0.5, 0.6) is 0 Å². The molecule has 0 spiro atoms. The SMILES string of the molecule is CCSC1CCC(Nc2cc(C)nc(C)c2C(=O)O)C1. The van der Waals surface area contributed by atoms with E-state index in [0.717, 1.165) is 30.0 Å². The molecule has 1 aliphatic carbocycles. The van der Waals surface area contributed by atoms with E-state index in [-0.39, 0.29) is 0 Å². The molecule has 110 valence electrons. The van der Waals surface area contributed by atoms with Gasteiger partial charge in [-0.1, -0.05) is 6.92 Å². The monoisotopic (exact) mass is 294 g/mol. The van der Waals surface area contributed by atoms with Crippen molar-refractivity contribution in [3.63, 3.8) is 0 Å². The predicted molar refractivity (Wildman–Crippen MR) is 83.9 cm³/mol. The van der Waals surface area contributed by atoms with Gasteiger partial charge >= 0.3 is 5.97 Å². The van der Waals surface area contributed by atoms with Crippen molar-refractivity contribution in [2.45, 2.75) is 51.3 Å². The van der Waals surface area contributed by atoms with Crippen molar-refractivity contribution < 1.29 is 9.90 Å². The Morgan fingerprint density at radius 3 is 2.90 bits per heavy atom. The second-order valence-electron chi connectivity index (χ2n) is 5.31. The van der Waals surface area contributed by atoms with Crippen LogP contribution in [0.4, 0.5) is 5.69 Å². The van der Waals surface area contributed by atoms with Gasteiger partial charge in [0.05, 0.1) is 11.4 Å². The molecule has 1 fully saturated rings. The lowest BCUT2D eigenvalue weighted by atomic mass is 10.1. The minimum atomic E-state index is -0.907. The highest BCUT2D eigenvalue weighted by Crippen LogP contribution is 2.32. The van der Waals surface area contributed by atoms with E-state index in [1.165, 1.54) is 6.42 Å². The Balaban J connectivity index is 2.15. The molecule has 2 N–H and O–H groups in total. The van der Waals surface area contributed by atoms with Crippen molar-refractivity contribution in [1.29, 1.82) is 0 Å². The van der Waals surface area contributed by atoms with E-state index in [9.17, 15) is 9.90 Å². The molecule has 0 bridgehead atoms. The summed E-state index contributed by atoms with van der Waals surface area (Å²) in [6.07, 6.45) is 3.43. The minimum absolute atomic E-state index is 0.308. The summed E-state index contributed by atoms with van der Waals surface area (Å²) < 4.78 is 0. The molecule has 1 aliphatic rings. The van der Waals surface area contributed by atoms with Crippen LogP contribution in [0.25, 0.3) is 0 Å². The van der Waals surface area contributed by atoms with Gasteiger partial charge in [0, 0.05) is 17.0 Å². The quantitative estimate of drug-likeness (QED) is 0.870. The van der Waals surface area contributed by atoms with Crippen LogP contribution in [0, 0.1) is 13.8 Å². The number of aromatic carboxylic acids is 1. The van der Waals surface area contributed by atoms with Crippen molar-refractivity contribution in [3.05, 3.63) is 23.0 Å². The summed E-state index contributed by atoms with van der Waals surface area (Å²) in [7, 11) is 0. The van der Waals surface area contributed by atoms with Crippen LogP contribution in [-0.2, 0) is 0 Å². The lowest BCUT2D eigenvalue weighted by Gasteiger charge is -2.18. The van der Waals surface area contributed by atoms with Gasteiger partial charge in [0.1, 0.15) is 5.56 Å². The Labute approximate surface area is 124 Å². The van der Waals surface area contributed by atoms with Crippen LogP contribution < -0.4 is 5.32 Å². The average molecular weight is 294 g/mol. The number of rotatable bonds is 5. The second kappa shape index (κ2) is 6.48. The van der Waals surface area contributed by atoms with E-state index in [2.05, 4.69) is 17.2 Å². The predicted octanol–water partition coefficient (Wildman–Crippen LogP) is 3.48. The lowest BCUT2D eigenvalue weighted by molar-refractivity contribution is 0.0696. The summed E-state index contributed by atoms with van der Waals surface area (Å²) in [6, 6.07) is 2.22. The van der Waals surface area contributed by atoms with Gasteiger partial charge in [0.2, 0.25) is 0 Å². The van der Waals surface area contributed by atoms with Crippen LogP contribution in [0.1, 0.15) is 47.9 Å². The molecule has 0 saturated heterocycles. The Bertz CT molecular complexity index is 505. The highest BCUT2D eigenvalue weighted by atomic mass is 32.2. The van der Waals surface area contributed by atoms with Crippen LogP contribution in [-0.4, -0.2) is 33.1 Å². The number of hydrogen-bond donors (Lipinski definition) is 2. The maximum Gasteiger partial charge on any atom is 0.339 e. The number of hydrogen-bond acceptors (Lipinski definition) is 4. The maximum atomic E-state index is 11.4. The number of carboxylic acids is 1. The molecular formula is C15H22N2O2S. The average Bonchev–Trinajstić information content (AvgIpc) is 2.75. The first-order valence-electron chi connectivity index (χ1n) is 7.11. The molecule has 5 heteroatoms. The zero-order valence-corrected chi connectivity index (χ0v) is 13.1. The first kappa shape index (κ1) is 15.2. The van der Waals surface area contributed by atoms with Crippen molar-refractivity contribution >= 4 is 23.4 Å². The third kappa shape index (κ3) is 3.45. The lowest BCUT2D eigenvalue weighted by Crippen LogP contribution is -2.19. The molecule has 0 radical (unpaired) electrons. The molecule has 1 aromatic rings. The zero-order chi connectivity index (χ0) is 14.7. The number of anilines is 1. The maximum absolute atomic E-state index is 11.4. The van der Waals surface area contributed by atoms with Gasteiger partial charge in [-0.05, 0) is 44.9 Å². The third-order valence-electron chi connectivity index (χ3n) is 3.69. The van der Waals surface area contributed by atoms with E-state index < -0.39 is 5.97 Å². The van der Waals surface area contributed by atoms with Crippen LogP contribution >= 0.6 is 11.8 Å². The molecule has 0 aromatic carbocycles. The first-order valence-corrected chi connectivity index (χ1v) is 8.15. The summed E-state index contributed by atoms with van der Waals surface area (Å²) in [5.41, 5.74) is 2.46. The standard InChI is InChI=1S/C15H22N2O2S/c1-4-20-12-6-5-11(8-12)17-13-7-9(2)16-10(3)14(13)15(18)19/h7,11-12H,4-6,8H2,1-3H3,(H,16,17)(H,18,19). The molecule has 1 saturated carbocycles. The molecule has 4 nitrogen and oxygen atoms in total. The Kier molecular flexibility index (Phi) is 4.91. The van der Waals surface area contributed by atoms with Crippen molar-refractivity contribution in [1.82, 2.24) is 4.98 Å². The molecule has 0 aliphatic heterocycles. The topological polar surface area (TPSA) is 62.2 Å². The molecule has 20 heavy (non-hydrogen) atoms. The van der Waals surface area contributed by atoms with Crippen LogP contribution in [0.2, 0.25) is 0 Å². The smallest absolute Gasteiger partial charge is 0.339 e. The second-order valence-corrected chi connectivity index (χ2v) is 6.89. The molecular weight excluding hydrogens is 272 g/mol. The first-order chi connectivity index (χ1) is 9.51. The number of aromatic nitrogens is 1. The summed E-state index contributed by atoms with van der Waals surface area (Å²) in [4.78, 5) is 15.7. The Morgan fingerprint density at radius 2 is 2.25 bits per heavy atom. The summed E-state index contributed by atoms with van der Waals surface area (Å²) in [5, 5.41) is 13.5. The van der Waals surface area contributed by atoms with Gasteiger partial charge in [0.25, 0.3) is 0 Å². The fourth-order valence-electron chi connectivity index (χ4n) is 2.89. The van der Waals surface area contributed by atoms with Gasteiger partial charge in [-0.3, -0.25) is 4.98 Å². The number of aryl methyl sites for hydroxylation is 2. The van der Waals surface area contributed by atoms with Gasteiger partial charge < -0.3 is 10.4 Å². The number of pyridine rings is 1. The van der Waals surface area contributed by atoms with Crippen molar-refractivity contribution in [2.75, 3.05) is 11.1 Å². The number of carboxylic acid groups (broad SMARTS) is 1. The van der Waals surface area contributed by atoms with Gasteiger partial charge in [-0.2, -0.15) is 11.8 Å². The molecule has 2 rings (SSSR count).